The summed E-state index contributed by atoms with van der Waals surface area (Å²) in [7, 11) is 0. The van der Waals surface area contributed by atoms with E-state index < -0.39 is 0 Å². The summed E-state index contributed by atoms with van der Waals surface area (Å²) in [6, 6.07) is 32.6. The van der Waals surface area contributed by atoms with Crippen LogP contribution < -0.4 is 0 Å². The van der Waals surface area contributed by atoms with E-state index >= 15 is 0 Å². The Morgan fingerprint density at radius 3 is 1.82 bits per heavy atom. The molecule has 0 nitrogen and oxygen atoms in total. The Bertz CT molecular complexity index is 1180. The monoisotopic (exact) mass is 432 g/mol. The third-order valence-electron chi connectivity index (χ3n) is 5.07. The average molecular weight is 433 g/mol. The third kappa shape index (κ3) is 8.43. The predicted molar refractivity (Wildman–Crippen MR) is 150 cm³/mol. The highest BCUT2D eigenvalue weighted by atomic mass is 14.1. The molecule has 33 heavy (non-hydrogen) atoms. The van der Waals surface area contributed by atoms with Crippen LogP contribution in [0.15, 0.2) is 128 Å². The fourth-order valence-corrected chi connectivity index (χ4v) is 3.49. The average Bonchev–Trinajstić information content (AvgIpc) is 2.86. The van der Waals surface area contributed by atoms with E-state index in [0.29, 0.717) is 0 Å². The van der Waals surface area contributed by atoms with Gasteiger partial charge in [-0.05, 0) is 77.9 Å². The Morgan fingerprint density at radius 1 is 0.636 bits per heavy atom. The van der Waals surface area contributed by atoms with Crippen molar-refractivity contribution in [2.45, 2.75) is 34.1 Å². The quantitative estimate of drug-likeness (QED) is 0.222. The molecule has 0 spiro atoms. The van der Waals surface area contributed by atoms with E-state index in [1.807, 2.05) is 26.0 Å². The Morgan fingerprint density at radius 2 is 1.27 bits per heavy atom. The highest BCUT2D eigenvalue weighted by molar-refractivity contribution is 5.88. The molecular weight excluding hydrogens is 396 g/mol. The Balaban J connectivity index is 0.000000327. The molecule has 168 valence electrons. The van der Waals surface area contributed by atoms with Crippen molar-refractivity contribution in [2.24, 2.45) is 0 Å². The molecule has 0 amide bonds. The molecule has 4 aromatic carbocycles. The molecule has 0 radical (unpaired) electrons. The summed E-state index contributed by atoms with van der Waals surface area (Å²) in [5.41, 5.74) is 6.36. The van der Waals surface area contributed by atoms with Crippen LogP contribution >= 0.6 is 0 Å². The van der Waals surface area contributed by atoms with E-state index in [2.05, 4.69) is 124 Å². The van der Waals surface area contributed by atoms with Gasteiger partial charge in [0, 0.05) is 0 Å². The van der Waals surface area contributed by atoms with Crippen LogP contribution in [0.5, 0.6) is 0 Å². The zero-order valence-corrected chi connectivity index (χ0v) is 20.5. The number of rotatable bonds is 4. The van der Waals surface area contributed by atoms with Crippen LogP contribution in [0, 0.1) is 6.92 Å². The van der Waals surface area contributed by atoms with Crippen LogP contribution in [-0.2, 0) is 0 Å². The molecule has 0 fully saturated rings. The number of fused-ring (bicyclic) bond motifs is 1. The smallest absolute Gasteiger partial charge is 0.0175 e. The maximum Gasteiger partial charge on any atom is -0.0175 e. The van der Waals surface area contributed by atoms with Gasteiger partial charge in [-0.25, -0.2) is 0 Å². The molecule has 4 aromatic rings. The van der Waals surface area contributed by atoms with Crippen molar-refractivity contribution in [3.63, 3.8) is 0 Å². The zero-order valence-electron chi connectivity index (χ0n) is 20.5. The first-order valence-corrected chi connectivity index (χ1v) is 11.6. The van der Waals surface area contributed by atoms with Gasteiger partial charge in [-0.1, -0.05) is 123 Å². The number of benzene rings is 4. The zero-order chi connectivity index (χ0) is 23.9. The van der Waals surface area contributed by atoms with Crippen molar-refractivity contribution in [3.8, 4) is 22.3 Å². The van der Waals surface area contributed by atoms with Crippen LogP contribution in [0.2, 0.25) is 0 Å². The Labute approximate surface area is 200 Å². The van der Waals surface area contributed by atoms with Crippen molar-refractivity contribution in [2.75, 3.05) is 0 Å². The van der Waals surface area contributed by atoms with Gasteiger partial charge in [0.25, 0.3) is 0 Å². The van der Waals surface area contributed by atoms with Crippen LogP contribution in [0.25, 0.3) is 33.0 Å². The summed E-state index contributed by atoms with van der Waals surface area (Å²) in [4.78, 5) is 0. The van der Waals surface area contributed by atoms with Crippen molar-refractivity contribution >= 4 is 10.8 Å². The summed E-state index contributed by atoms with van der Waals surface area (Å²) in [6.45, 7) is 11.7. The van der Waals surface area contributed by atoms with E-state index in [1.165, 1.54) is 38.6 Å². The molecule has 0 saturated carbocycles. The van der Waals surface area contributed by atoms with E-state index in [1.54, 1.807) is 6.08 Å². The molecule has 0 bridgehead atoms. The molecule has 0 atom stereocenters. The third-order valence-corrected chi connectivity index (χ3v) is 5.07. The lowest BCUT2D eigenvalue weighted by Crippen LogP contribution is -1.85. The van der Waals surface area contributed by atoms with Crippen LogP contribution in [0.4, 0.5) is 0 Å². The van der Waals surface area contributed by atoms with E-state index in [4.69, 9.17) is 0 Å². The number of hydrogen-bond acceptors (Lipinski definition) is 0. The summed E-state index contributed by atoms with van der Waals surface area (Å²) < 4.78 is 0. The maximum atomic E-state index is 3.46. The molecule has 0 aliphatic heterocycles. The lowest BCUT2D eigenvalue weighted by Gasteiger charge is -2.09. The van der Waals surface area contributed by atoms with Crippen molar-refractivity contribution < 1.29 is 0 Å². The van der Waals surface area contributed by atoms with E-state index in [9.17, 15) is 0 Å². The SMILES string of the molecule is C/C=C\CC.C=C/C=C\C.Cc1cc(-c2ccccc2)cc(-c2ccc3ccccc3c2)c1. The minimum Gasteiger partial charge on any atom is -0.0991 e. The van der Waals surface area contributed by atoms with Gasteiger partial charge in [-0.2, -0.15) is 0 Å². The first-order valence-electron chi connectivity index (χ1n) is 11.6. The van der Waals surface area contributed by atoms with Crippen LogP contribution in [0.3, 0.4) is 0 Å². The predicted octanol–water partition coefficient (Wildman–Crippen LogP) is 10.2. The topological polar surface area (TPSA) is 0 Å². The summed E-state index contributed by atoms with van der Waals surface area (Å²) >= 11 is 0. The highest BCUT2D eigenvalue weighted by Crippen LogP contribution is 2.30. The first-order chi connectivity index (χ1) is 16.1. The second-order valence-electron chi connectivity index (χ2n) is 7.75. The van der Waals surface area contributed by atoms with Crippen LogP contribution in [0.1, 0.15) is 32.8 Å². The molecule has 0 unspecified atom stereocenters. The molecule has 0 heterocycles. The largest absolute Gasteiger partial charge is 0.0991 e. The van der Waals surface area contributed by atoms with E-state index in [0.717, 1.165) is 6.42 Å². The van der Waals surface area contributed by atoms with Gasteiger partial charge in [0.15, 0.2) is 0 Å². The fraction of sp³-hybridized carbons (Fsp3) is 0.152. The molecule has 0 heteroatoms. The van der Waals surface area contributed by atoms with Gasteiger partial charge < -0.3 is 0 Å². The minimum absolute atomic E-state index is 1.16. The second-order valence-corrected chi connectivity index (χ2v) is 7.75. The van der Waals surface area contributed by atoms with Gasteiger partial charge in [-0.3, -0.25) is 0 Å². The molecule has 0 aromatic heterocycles. The van der Waals surface area contributed by atoms with Gasteiger partial charge in [0.2, 0.25) is 0 Å². The highest BCUT2D eigenvalue weighted by Gasteiger charge is 2.04. The molecule has 0 saturated heterocycles. The first kappa shape index (κ1) is 25.6. The Kier molecular flexibility index (Phi) is 11.2. The van der Waals surface area contributed by atoms with Crippen molar-refractivity contribution in [3.05, 3.63) is 134 Å². The summed E-state index contributed by atoms with van der Waals surface area (Å²) in [5, 5.41) is 2.57. The number of allylic oxidation sites excluding steroid dienone is 5. The summed E-state index contributed by atoms with van der Waals surface area (Å²) in [5.74, 6) is 0. The van der Waals surface area contributed by atoms with Gasteiger partial charge in [0.05, 0.1) is 0 Å². The van der Waals surface area contributed by atoms with Gasteiger partial charge in [0.1, 0.15) is 0 Å². The lowest BCUT2D eigenvalue weighted by atomic mass is 9.95. The van der Waals surface area contributed by atoms with Crippen LogP contribution in [-0.4, -0.2) is 0 Å². The fourth-order valence-electron chi connectivity index (χ4n) is 3.49. The normalized spacial score (nSPS) is 10.4. The second kappa shape index (κ2) is 14.4. The van der Waals surface area contributed by atoms with Gasteiger partial charge >= 0.3 is 0 Å². The molecule has 0 aliphatic carbocycles. The van der Waals surface area contributed by atoms with Crippen molar-refractivity contribution in [1.29, 1.82) is 0 Å². The lowest BCUT2D eigenvalue weighted by molar-refractivity contribution is 1.22. The van der Waals surface area contributed by atoms with E-state index in [-0.39, 0.29) is 0 Å². The maximum absolute atomic E-state index is 3.46. The Hall–Kier alpha value is -3.64. The molecule has 0 N–H and O–H groups in total. The number of aryl methyl sites for hydroxylation is 1. The minimum atomic E-state index is 1.16. The van der Waals surface area contributed by atoms with Crippen molar-refractivity contribution in [1.82, 2.24) is 0 Å². The van der Waals surface area contributed by atoms with Gasteiger partial charge in [-0.15, -0.1) is 0 Å². The molecular formula is C33H36. The number of hydrogen-bond donors (Lipinski definition) is 0. The molecule has 0 aliphatic rings. The summed E-state index contributed by atoms with van der Waals surface area (Å²) in [6.07, 6.45) is 10.9. The standard InChI is InChI=1S/C23H18.C5H10.C5H8/c1-17-13-22(18-7-3-2-4-8-18)16-23(14-17)21-12-11-19-9-5-6-10-20(19)15-21;2*1-3-5-4-2/h2-16H,1H3;3,5H,4H2,1-2H3;3-5H,1H2,2H3/b;5-3-;5-4-. The molecule has 4 rings (SSSR count).